The molecule has 0 saturated carbocycles. The summed E-state index contributed by atoms with van der Waals surface area (Å²) < 4.78 is 4.95. The number of rotatable bonds is 4. The van der Waals surface area contributed by atoms with Gasteiger partial charge in [0.15, 0.2) is 6.10 Å². The van der Waals surface area contributed by atoms with Crippen LogP contribution in [0, 0.1) is 26.7 Å². The Hall–Kier alpha value is -3.49. The van der Waals surface area contributed by atoms with E-state index >= 15 is 0 Å². The van der Waals surface area contributed by atoms with Crippen LogP contribution in [0.1, 0.15) is 38.0 Å². The van der Waals surface area contributed by atoms with Gasteiger partial charge in [0.2, 0.25) is 5.91 Å². The highest BCUT2D eigenvalue weighted by atomic mass is 32.1. The smallest absolute Gasteiger partial charge is 0.341 e. The van der Waals surface area contributed by atoms with Crippen molar-refractivity contribution in [1.29, 1.82) is 0 Å². The van der Waals surface area contributed by atoms with Crippen LogP contribution in [0.4, 0.5) is 10.7 Å². The monoisotopic (exact) mass is 476 g/mol. The number of hydrogen-bond donors (Lipinski definition) is 0. The zero-order chi connectivity index (χ0) is 24.1. The number of benzene rings is 2. The summed E-state index contributed by atoms with van der Waals surface area (Å²) in [5.41, 5.74) is 3.67. The number of carbonyl (C=O) groups is 3. The Morgan fingerprint density at radius 3 is 2.29 bits per heavy atom. The topological polar surface area (TPSA) is 76.2 Å². The Kier molecular flexibility index (Phi) is 5.50. The van der Waals surface area contributed by atoms with E-state index in [1.807, 2.05) is 68.4 Å². The van der Waals surface area contributed by atoms with Crippen LogP contribution in [0.2, 0.25) is 0 Å². The summed E-state index contributed by atoms with van der Waals surface area (Å²) in [6.07, 6.45) is -0.993. The summed E-state index contributed by atoms with van der Waals surface area (Å²) in [6, 6.07) is 16.8. The van der Waals surface area contributed by atoms with Gasteiger partial charge in [-0.2, -0.15) is 0 Å². The molecular weight excluding hydrogens is 452 g/mol. The average molecular weight is 477 g/mol. The van der Waals surface area contributed by atoms with E-state index < -0.39 is 29.9 Å². The first kappa shape index (κ1) is 22.3. The van der Waals surface area contributed by atoms with Gasteiger partial charge in [-0.1, -0.05) is 48.0 Å². The largest absolute Gasteiger partial charge is 0.465 e. The van der Waals surface area contributed by atoms with Gasteiger partial charge in [0.25, 0.3) is 5.91 Å². The lowest BCUT2D eigenvalue weighted by Crippen LogP contribution is -2.37. The first-order valence-electron chi connectivity index (χ1n) is 11.0. The third-order valence-electron chi connectivity index (χ3n) is 6.50. The quantitative estimate of drug-likeness (QED) is 0.407. The fraction of sp³-hybridized carbons (Fsp3) is 0.269. The van der Waals surface area contributed by atoms with Crippen molar-refractivity contribution in [3.8, 4) is 0 Å². The van der Waals surface area contributed by atoms with Crippen molar-refractivity contribution in [2.24, 2.45) is 5.92 Å². The molecule has 3 heterocycles. The van der Waals surface area contributed by atoms with Crippen LogP contribution in [0.25, 0.3) is 0 Å². The van der Waals surface area contributed by atoms with Crippen LogP contribution >= 0.6 is 11.3 Å². The SMILES string of the molecule is COC(=O)c1c(N2C(=O)[C@H]3[C@H](ON(c4ccccc4)[C@H]3c3ccc(C)cc3)C2=O)sc(C)c1C. The van der Waals surface area contributed by atoms with E-state index in [0.29, 0.717) is 10.6 Å². The molecule has 0 bridgehead atoms. The van der Waals surface area contributed by atoms with E-state index in [1.54, 1.807) is 12.0 Å². The summed E-state index contributed by atoms with van der Waals surface area (Å²) in [4.78, 5) is 48.1. The van der Waals surface area contributed by atoms with Crippen LogP contribution in [-0.4, -0.2) is 31.0 Å². The summed E-state index contributed by atoms with van der Waals surface area (Å²) in [7, 11) is 1.29. The highest BCUT2D eigenvalue weighted by Gasteiger charge is 2.61. The number of hydroxylamine groups is 1. The van der Waals surface area contributed by atoms with Crippen molar-refractivity contribution in [3.63, 3.8) is 0 Å². The second-order valence-electron chi connectivity index (χ2n) is 8.54. The van der Waals surface area contributed by atoms with Crippen LogP contribution in [0.15, 0.2) is 54.6 Å². The van der Waals surface area contributed by atoms with Gasteiger partial charge in [-0.3, -0.25) is 14.4 Å². The van der Waals surface area contributed by atoms with Crippen molar-refractivity contribution in [2.75, 3.05) is 17.1 Å². The maximum atomic E-state index is 13.9. The van der Waals surface area contributed by atoms with E-state index in [1.165, 1.54) is 18.4 Å². The number of methoxy groups -OCH3 is 1. The number of hydrogen-bond acceptors (Lipinski definition) is 7. The van der Waals surface area contributed by atoms with Crippen LogP contribution in [0.5, 0.6) is 0 Å². The number of carbonyl (C=O) groups excluding carboxylic acids is 3. The molecule has 2 aliphatic heterocycles. The second kappa shape index (κ2) is 8.38. The molecule has 1 aromatic heterocycles. The zero-order valence-corrected chi connectivity index (χ0v) is 20.1. The molecule has 3 aromatic rings. The maximum Gasteiger partial charge on any atom is 0.341 e. The Balaban J connectivity index is 1.61. The first-order chi connectivity index (χ1) is 16.3. The standard InChI is InChI=1S/C26H24N2O5S/c1-14-10-12-17(13-11-14)21-20-22(33-28(21)18-8-6-5-7-9-18)24(30)27(23(20)29)25-19(26(31)32-4)15(2)16(3)34-25/h5-13,20-22H,1-4H3/t20-,21+,22+/m1/s1. The number of imide groups is 1. The molecule has 3 atom stereocenters. The van der Waals surface area contributed by atoms with Gasteiger partial charge in [-0.05, 0) is 44.0 Å². The van der Waals surface area contributed by atoms with Gasteiger partial charge < -0.3 is 4.74 Å². The maximum absolute atomic E-state index is 13.9. The molecule has 0 unspecified atom stereocenters. The molecule has 2 aromatic carbocycles. The number of para-hydroxylation sites is 1. The third kappa shape index (κ3) is 3.33. The summed E-state index contributed by atoms with van der Waals surface area (Å²) in [5.74, 6) is -2.19. The number of anilines is 2. The molecule has 0 N–H and O–H groups in total. The van der Waals surface area contributed by atoms with Gasteiger partial charge in [-0.25, -0.2) is 14.8 Å². The number of nitrogens with zero attached hydrogens (tertiary/aromatic N) is 2. The number of ether oxygens (including phenoxy) is 1. The van der Waals surface area contributed by atoms with Crippen molar-refractivity contribution in [2.45, 2.75) is 32.9 Å². The fourth-order valence-electron chi connectivity index (χ4n) is 4.62. The van der Waals surface area contributed by atoms with Crippen LogP contribution < -0.4 is 9.96 Å². The minimum absolute atomic E-state index is 0.249. The fourth-order valence-corrected chi connectivity index (χ4v) is 5.78. The van der Waals surface area contributed by atoms with E-state index in [2.05, 4.69) is 0 Å². The summed E-state index contributed by atoms with van der Waals surface area (Å²) in [5, 5.41) is 1.96. The van der Waals surface area contributed by atoms with E-state index in [0.717, 1.165) is 26.6 Å². The van der Waals surface area contributed by atoms with Crippen molar-refractivity contribution in [1.82, 2.24) is 0 Å². The van der Waals surface area contributed by atoms with E-state index in [-0.39, 0.29) is 11.5 Å². The molecule has 2 amide bonds. The molecule has 8 heteroatoms. The molecular formula is C26H24N2O5S. The molecule has 5 rings (SSSR count). The number of fused-ring (bicyclic) bond motifs is 1. The van der Waals surface area contributed by atoms with Gasteiger partial charge in [0, 0.05) is 4.88 Å². The first-order valence-corrected chi connectivity index (χ1v) is 11.8. The highest BCUT2D eigenvalue weighted by Crippen LogP contribution is 2.49. The molecule has 7 nitrogen and oxygen atoms in total. The molecule has 0 spiro atoms. The van der Waals surface area contributed by atoms with Crippen molar-refractivity contribution < 1.29 is 24.0 Å². The lowest BCUT2D eigenvalue weighted by molar-refractivity contribution is -0.126. The van der Waals surface area contributed by atoms with Crippen LogP contribution in [-0.2, 0) is 19.2 Å². The summed E-state index contributed by atoms with van der Waals surface area (Å²) >= 11 is 1.24. The van der Waals surface area contributed by atoms with E-state index in [4.69, 9.17) is 9.57 Å². The molecule has 174 valence electrons. The average Bonchev–Trinajstić information content (AvgIpc) is 3.45. The predicted molar refractivity (Wildman–Crippen MR) is 129 cm³/mol. The third-order valence-corrected chi connectivity index (χ3v) is 7.70. The normalized spacial score (nSPS) is 21.8. The Morgan fingerprint density at radius 1 is 0.971 bits per heavy atom. The van der Waals surface area contributed by atoms with Gasteiger partial charge >= 0.3 is 5.97 Å². The second-order valence-corrected chi connectivity index (χ2v) is 9.74. The molecule has 2 aliphatic rings. The van der Waals surface area contributed by atoms with Gasteiger partial charge in [-0.15, -0.1) is 11.3 Å². The van der Waals surface area contributed by atoms with Crippen molar-refractivity contribution >= 4 is 39.8 Å². The van der Waals surface area contributed by atoms with Crippen LogP contribution in [0.3, 0.4) is 0 Å². The zero-order valence-electron chi connectivity index (χ0n) is 19.3. The lowest BCUT2D eigenvalue weighted by atomic mass is 9.90. The Morgan fingerprint density at radius 2 is 1.65 bits per heavy atom. The lowest BCUT2D eigenvalue weighted by Gasteiger charge is -2.28. The highest BCUT2D eigenvalue weighted by molar-refractivity contribution is 7.17. The molecule has 2 saturated heterocycles. The molecule has 34 heavy (non-hydrogen) atoms. The van der Waals surface area contributed by atoms with E-state index in [9.17, 15) is 14.4 Å². The number of aryl methyl sites for hydroxylation is 2. The number of thiophene rings is 1. The summed E-state index contributed by atoms with van der Waals surface area (Å²) in [6.45, 7) is 5.63. The molecule has 2 fully saturated rings. The number of amides is 2. The predicted octanol–water partition coefficient (Wildman–Crippen LogP) is 4.51. The van der Waals surface area contributed by atoms with Gasteiger partial charge in [0.1, 0.15) is 10.9 Å². The van der Waals surface area contributed by atoms with Gasteiger partial charge in [0.05, 0.1) is 24.4 Å². The minimum atomic E-state index is -0.993. The minimum Gasteiger partial charge on any atom is -0.465 e. The molecule has 0 aliphatic carbocycles. The molecule has 0 radical (unpaired) electrons. The Labute approximate surface area is 201 Å². The Bertz CT molecular complexity index is 1280. The van der Waals surface area contributed by atoms with Crippen molar-refractivity contribution in [3.05, 3.63) is 81.7 Å². The number of esters is 1.